The van der Waals surface area contributed by atoms with Crippen molar-refractivity contribution < 1.29 is 53.1 Å². The quantitative estimate of drug-likeness (QED) is 0.384. The predicted octanol–water partition coefficient (Wildman–Crippen LogP) is 6.17. The number of rotatable bonds is 5. The molecule has 0 spiro atoms. The second-order valence-corrected chi connectivity index (χ2v) is 11.2. The molecule has 2 amide bonds. The largest absolute Gasteiger partial charge is 0.458 e. The number of halogens is 9. The fraction of sp³-hybridized carbons (Fsp3) is 0.333. The first-order valence-electron chi connectivity index (χ1n) is 8.79. The van der Waals surface area contributed by atoms with Gasteiger partial charge in [-0.2, -0.15) is 35.1 Å². The number of nitrogens with zero attached hydrogens (tertiary/aromatic N) is 1. The SMILES string of the molecule is CCS(=O)(=O)c1cc(C(F)(F)F)ccc1C(=O)N(C(C)=O)c1cc(C(F)(F)C(F)(F)F)sc1Br. The van der Waals surface area contributed by atoms with E-state index in [9.17, 15) is 53.1 Å². The first kappa shape index (κ1) is 28.2. The number of benzene rings is 1. The zero-order valence-corrected chi connectivity index (χ0v) is 20.0. The number of carbonyl (C=O) groups is 2. The average Bonchev–Trinajstić information content (AvgIpc) is 3.07. The molecule has 1 heterocycles. The van der Waals surface area contributed by atoms with Crippen LogP contribution in [-0.2, 0) is 26.7 Å². The van der Waals surface area contributed by atoms with Gasteiger partial charge >= 0.3 is 18.3 Å². The molecule has 0 unspecified atom stereocenters. The molecule has 0 fully saturated rings. The zero-order valence-electron chi connectivity index (χ0n) is 16.8. The van der Waals surface area contributed by atoms with Gasteiger partial charge < -0.3 is 0 Å². The van der Waals surface area contributed by atoms with Crippen molar-refractivity contribution in [3.8, 4) is 0 Å². The van der Waals surface area contributed by atoms with Gasteiger partial charge in [-0.15, -0.1) is 11.3 Å². The Morgan fingerprint density at radius 2 is 1.59 bits per heavy atom. The average molecular weight is 602 g/mol. The van der Waals surface area contributed by atoms with Crippen molar-refractivity contribution >= 4 is 54.6 Å². The molecule has 0 radical (unpaired) electrons. The molecule has 188 valence electrons. The summed E-state index contributed by atoms with van der Waals surface area (Å²) >= 11 is 2.56. The van der Waals surface area contributed by atoms with Gasteiger partial charge in [-0.1, -0.05) is 6.92 Å². The van der Waals surface area contributed by atoms with Crippen LogP contribution in [0.15, 0.2) is 32.9 Å². The summed E-state index contributed by atoms with van der Waals surface area (Å²) in [5.74, 6) is -8.87. The van der Waals surface area contributed by atoms with E-state index in [0.717, 1.165) is 13.8 Å². The third-order valence-corrected chi connectivity index (χ3v) is 7.99. The molecule has 16 heteroatoms. The van der Waals surface area contributed by atoms with E-state index in [-0.39, 0.29) is 28.4 Å². The van der Waals surface area contributed by atoms with Gasteiger partial charge in [0, 0.05) is 6.92 Å². The summed E-state index contributed by atoms with van der Waals surface area (Å²) in [7, 11) is -4.48. The molecule has 0 saturated heterocycles. The monoisotopic (exact) mass is 601 g/mol. The lowest BCUT2D eigenvalue weighted by molar-refractivity contribution is -0.287. The summed E-state index contributed by atoms with van der Waals surface area (Å²) in [6.45, 7) is 1.80. The Morgan fingerprint density at radius 3 is 2.03 bits per heavy atom. The highest BCUT2D eigenvalue weighted by Gasteiger charge is 2.60. The van der Waals surface area contributed by atoms with E-state index in [1.807, 2.05) is 0 Å². The van der Waals surface area contributed by atoms with Gasteiger partial charge in [0.2, 0.25) is 5.91 Å². The molecule has 2 aromatic rings. The Hall–Kier alpha value is -2.07. The van der Waals surface area contributed by atoms with Crippen LogP contribution in [0.4, 0.5) is 40.8 Å². The Morgan fingerprint density at radius 1 is 1.03 bits per heavy atom. The number of sulfone groups is 1. The molecule has 1 aromatic heterocycles. The first-order chi connectivity index (χ1) is 15.3. The van der Waals surface area contributed by atoms with Gasteiger partial charge in [0.25, 0.3) is 5.91 Å². The minimum atomic E-state index is -6.00. The molecule has 34 heavy (non-hydrogen) atoms. The van der Waals surface area contributed by atoms with Crippen LogP contribution in [0.3, 0.4) is 0 Å². The van der Waals surface area contributed by atoms with E-state index in [2.05, 4.69) is 15.9 Å². The smallest absolute Gasteiger partial charge is 0.274 e. The van der Waals surface area contributed by atoms with Crippen molar-refractivity contribution in [2.75, 3.05) is 10.7 Å². The Kier molecular flexibility index (Phi) is 7.61. The molecule has 0 aliphatic rings. The fourth-order valence-corrected chi connectivity index (χ4v) is 5.42. The van der Waals surface area contributed by atoms with E-state index >= 15 is 0 Å². The number of hydrogen-bond donors (Lipinski definition) is 0. The highest BCUT2D eigenvalue weighted by molar-refractivity contribution is 9.11. The minimum absolute atomic E-state index is 0.0911. The molecule has 0 atom stereocenters. The van der Waals surface area contributed by atoms with Crippen molar-refractivity contribution in [3.63, 3.8) is 0 Å². The van der Waals surface area contributed by atoms with Crippen molar-refractivity contribution in [2.45, 2.75) is 37.0 Å². The molecular weight excluding hydrogens is 590 g/mol. The molecule has 0 N–H and O–H groups in total. The molecule has 0 aliphatic carbocycles. The van der Waals surface area contributed by atoms with E-state index < -0.39 is 76.1 Å². The van der Waals surface area contributed by atoms with Crippen molar-refractivity contribution in [1.29, 1.82) is 0 Å². The number of thiophene rings is 1. The summed E-state index contributed by atoms with van der Waals surface area (Å²) < 4.78 is 129. The van der Waals surface area contributed by atoms with E-state index in [0.29, 0.717) is 12.1 Å². The number of amides is 2. The lowest BCUT2D eigenvalue weighted by atomic mass is 10.1. The van der Waals surface area contributed by atoms with Crippen LogP contribution >= 0.6 is 27.3 Å². The summed E-state index contributed by atoms with van der Waals surface area (Å²) in [6, 6.07) is 1.23. The third-order valence-electron chi connectivity index (χ3n) is 4.35. The maximum atomic E-state index is 13.8. The summed E-state index contributed by atoms with van der Waals surface area (Å²) in [5.41, 5.74) is -3.11. The molecule has 0 saturated carbocycles. The highest BCUT2D eigenvalue weighted by Crippen LogP contribution is 2.50. The lowest BCUT2D eigenvalue weighted by Crippen LogP contribution is -2.36. The van der Waals surface area contributed by atoms with Crippen LogP contribution in [0.2, 0.25) is 0 Å². The molecule has 1 aromatic carbocycles. The van der Waals surface area contributed by atoms with Crippen LogP contribution < -0.4 is 4.90 Å². The summed E-state index contributed by atoms with van der Waals surface area (Å²) in [6.07, 6.45) is -11.0. The Labute approximate surface area is 199 Å². The first-order valence-corrected chi connectivity index (χ1v) is 12.0. The lowest BCUT2D eigenvalue weighted by Gasteiger charge is -2.21. The van der Waals surface area contributed by atoms with Crippen molar-refractivity contribution in [1.82, 2.24) is 0 Å². The Bertz CT molecular complexity index is 1240. The number of imide groups is 1. The molecule has 5 nitrogen and oxygen atoms in total. The van der Waals surface area contributed by atoms with Gasteiger partial charge in [-0.05, 0) is 40.2 Å². The van der Waals surface area contributed by atoms with E-state index in [1.165, 1.54) is 0 Å². The molecule has 2 rings (SSSR count). The van der Waals surface area contributed by atoms with Gasteiger partial charge in [-0.3, -0.25) is 9.59 Å². The normalized spacial score (nSPS) is 13.1. The van der Waals surface area contributed by atoms with E-state index in [4.69, 9.17) is 0 Å². The maximum absolute atomic E-state index is 13.8. The second kappa shape index (κ2) is 9.18. The number of anilines is 1. The van der Waals surface area contributed by atoms with Gasteiger partial charge in [0.1, 0.15) is 0 Å². The molecule has 0 aliphatic heterocycles. The van der Waals surface area contributed by atoms with E-state index in [1.54, 1.807) is 0 Å². The maximum Gasteiger partial charge on any atom is 0.458 e. The second-order valence-electron chi connectivity index (χ2n) is 6.61. The Balaban J connectivity index is 2.74. The summed E-state index contributed by atoms with van der Waals surface area (Å²) in [4.78, 5) is 22.7. The van der Waals surface area contributed by atoms with Gasteiger partial charge in [0.15, 0.2) is 9.84 Å². The van der Waals surface area contributed by atoms with Gasteiger partial charge in [-0.25, -0.2) is 13.3 Å². The number of carbonyl (C=O) groups excluding carboxylic acids is 2. The standard InChI is InChI=1S/C18H12BrF8NO4S2/c1-3-34(31,32)12-6-9(17(22,23)24)4-5-10(12)15(30)28(8(2)29)11-7-13(33-14(11)19)16(20,21)18(25,26)27/h4-7H,3H2,1-2H3. The van der Waals surface area contributed by atoms with Crippen LogP contribution in [0, 0.1) is 0 Å². The molecule has 0 bridgehead atoms. The van der Waals surface area contributed by atoms with Crippen molar-refractivity contribution in [3.05, 3.63) is 44.1 Å². The zero-order chi connectivity index (χ0) is 26.4. The highest BCUT2D eigenvalue weighted by atomic mass is 79.9. The number of hydrogen-bond acceptors (Lipinski definition) is 5. The van der Waals surface area contributed by atoms with Crippen LogP contribution in [0.1, 0.15) is 34.6 Å². The van der Waals surface area contributed by atoms with Crippen LogP contribution in [0.25, 0.3) is 0 Å². The topological polar surface area (TPSA) is 71.5 Å². The fourth-order valence-electron chi connectivity index (χ4n) is 2.64. The third kappa shape index (κ3) is 5.27. The summed E-state index contributed by atoms with van der Waals surface area (Å²) in [5, 5.41) is 0. The van der Waals surface area contributed by atoms with Crippen LogP contribution in [-0.4, -0.2) is 32.2 Å². The van der Waals surface area contributed by atoms with Gasteiger partial charge in [0.05, 0.1) is 36.1 Å². The molecular formula is C18H12BrF8NO4S2. The minimum Gasteiger partial charge on any atom is -0.274 e. The van der Waals surface area contributed by atoms with Crippen LogP contribution in [0.5, 0.6) is 0 Å². The number of alkyl halides is 8. The van der Waals surface area contributed by atoms with Crippen molar-refractivity contribution in [2.24, 2.45) is 0 Å². The predicted molar refractivity (Wildman–Crippen MR) is 109 cm³/mol.